The van der Waals surface area contributed by atoms with Gasteiger partial charge in [0.05, 0.1) is 41.0 Å². The van der Waals surface area contributed by atoms with Crippen LogP contribution in [0.3, 0.4) is 0 Å². The molecule has 0 amide bonds. The van der Waals surface area contributed by atoms with Gasteiger partial charge in [0.15, 0.2) is 9.84 Å². The number of aliphatic hydroxyl groups excluding tert-OH is 2. The molecule has 2 aromatic carbocycles. The van der Waals surface area contributed by atoms with E-state index in [0.29, 0.717) is 41.9 Å². The van der Waals surface area contributed by atoms with Gasteiger partial charge in [-0.2, -0.15) is 13.2 Å². The molecule has 0 aliphatic carbocycles. The van der Waals surface area contributed by atoms with Crippen molar-refractivity contribution in [1.82, 2.24) is 9.47 Å². The Morgan fingerprint density at radius 2 is 1.89 bits per heavy atom. The second kappa shape index (κ2) is 14.5. The van der Waals surface area contributed by atoms with Crippen LogP contribution in [0.1, 0.15) is 18.5 Å². The molecule has 0 bridgehead atoms. The quantitative estimate of drug-likeness (QED) is 0.175. The van der Waals surface area contributed by atoms with Gasteiger partial charge >= 0.3 is 6.18 Å². The summed E-state index contributed by atoms with van der Waals surface area (Å²) in [4.78, 5) is 2.06. The molecule has 1 saturated heterocycles. The molecule has 2 heterocycles. The molecular formula is C30H36F4N4O5S. The normalized spacial score (nSPS) is 15.5. The molecule has 4 rings (SSSR count). The molecular weight excluding hydrogens is 604 g/mol. The van der Waals surface area contributed by atoms with Gasteiger partial charge in [-0.15, -0.1) is 0 Å². The Morgan fingerprint density at radius 1 is 1.14 bits per heavy atom. The molecule has 0 saturated carbocycles. The third kappa shape index (κ3) is 9.01. The van der Waals surface area contributed by atoms with Crippen LogP contribution in [0.4, 0.5) is 28.9 Å². The lowest BCUT2D eigenvalue weighted by atomic mass is 10.0. The number of piperidine rings is 1. The fraction of sp³-hybridized carbons (Fsp3) is 0.467. The van der Waals surface area contributed by atoms with Crippen molar-refractivity contribution < 1.29 is 40.9 Å². The molecule has 1 unspecified atom stereocenters. The zero-order valence-electron chi connectivity index (χ0n) is 24.2. The number of nitrogens with one attached hydrogen (secondary N) is 2. The van der Waals surface area contributed by atoms with E-state index in [1.807, 2.05) is 6.07 Å². The van der Waals surface area contributed by atoms with Gasteiger partial charge in [-0.3, -0.25) is 0 Å². The fourth-order valence-corrected chi connectivity index (χ4v) is 5.76. The topological polar surface area (TPSA) is 116 Å². The van der Waals surface area contributed by atoms with Gasteiger partial charge < -0.3 is 35.1 Å². The summed E-state index contributed by atoms with van der Waals surface area (Å²) >= 11 is 0. The lowest BCUT2D eigenvalue weighted by Gasteiger charge is -2.33. The highest BCUT2D eigenvalue weighted by molar-refractivity contribution is 7.90. The summed E-state index contributed by atoms with van der Waals surface area (Å²) in [7, 11) is -3.53. The van der Waals surface area contributed by atoms with E-state index in [0.717, 1.165) is 23.7 Å². The number of alkyl halides is 4. The van der Waals surface area contributed by atoms with Crippen LogP contribution in [-0.4, -0.2) is 98.7 Å². The first-order valence-electron chi connectivity index (χ1n) is 14.1. The Morgan fingerprint density at radius 3 is 2.55 bits per heavy atom. The van der Waals surface area contributed by atoms with E-state index < -0.39 is 35.3 Å². The van der Waals surface area contributed by atoms with Crippen molar-refractivity contribution in [3.8, 4) is 17.6 Å². The van der Waals surface area contributed by atoms with Gasteiger partial charge in [0.2, 0.25) is 0 Å². The van der Waals surface area contributed by atoms with Crippen LogP contribution < -0.4 is 15.4 Å². The molecule has 240 valence electrons. The lowest BCUT2D eigenvalue weighted by molar-refractivity contribution is -0.140. The molecule has 3 aromatic rings. The van der Waals surface area contributed by atoms with Crippen LogP contribution in [-0.2, 0) is 16.4 Å². The third-order valence-electron chi connectivity index (χ3n) is 7.21. The van der Waals surface area contributed by atoms with Gasteiger partial charge in [-0.1, -0.05) is 12.0 Å². The number of sulfone groups is 1. The van der Waals surface area contributed by atoms with Crippen molar-refractivity contribution >= 4 is 32.1 Å². The van der Waals surface area contributed by atoms with Crippen molar-refractivity contribution in [3.63, 3.8) is 0 Å². The van der Waals surface area contributed by atoms with Crippen molar-refractivity contribution in [2.45, 2.75) is 42.6 Å². The highest BCUT2D eigenvalue weighted by Gasteiger charge is 2.30. The van der Waals surface area contributed by atoms with Crippen molar-refractivity contribution in [2.75, 3.05) is 63.0 Å². The molecule has 1 aliphatic rings. The van der Waals surface area contributed by atoms with E-state index >= 15 is 0 Å². The highest BCUT2D eigenvalue weighted by Crippen LogP contribution is 2.32. The zero-order chi connectivity index (χ0) is 31.9. The second-order valence-corrected chi connectivity index (χ2v) is 12.7. The van der Waals surface area contributed by atoms with Gasteiger partial charge in [0.25, 0.3) is 0 Å². The number of hydrogen-bond donors (Lipinski definition) is 4. The molecule has 44 heavy (non-hydrogen) atoms. The number of aromatic nitrogens is 1. The van der Waals surface area contributed by atoms with Crippen molar-refractivity contribution in [3.05, 3.63) is 48.2 Å². The molecule has 14 heteroatoms. The third-order valence-corrected chi connectivity index (χ3v) is 8.32. The summed E-state index contributed by atoms with van der Waals surface area (Å²) in [6.45, 7) is -0.797. The Hall–Kier alpha value is -3.51. The van der Waals surface area contributed by atoms with E-state index in [2.05, 4.69) is 27.4 Å². The largest absolute Gasteiger partial charge is 0.489 e. The highest BCUT2D eigenvalue weighted by atomic mass is 32.2. The summed E-state index contributed by atoms with van der Waals surface area (Å²) in [5, 5.41) is 25.8. The molecule has 4 N–H and O–H groups in total. The van der Waals surface area contributed by atoms with Crippen LogP contribution in [0.5, 0.6) is 5.75 Å². The van der Waals surface area contributed by atoms with Gasteiger partial charge in [0, 0.05) is 49.1 Å². The maximum atomic E-state index is 13.6. The van der Waals surface area contributed by atoms with E-state index in [1.165, 1.54) is 18.2 Å². The number of halogens is 4. The minimum atomic E-state index is -4.49. The van der Waals surface area contributed by atoms with Gasteiger partial charge in [-0.05, 0) is 49.1 Å². The van der Waals surface area contributed by atoms with Crippen LogP contribution >= 0.6 is 0 Å². The first kappa shape index (κ1) is 33.4. The van der Waals surface area contributed by atoms with Crippen LogP contribution in [0, 0.1) is 11.8 Å². The predicted molar refractivity (Wildman–Crippen MR) is 161 cm³/mol. The SMILES string of the molecule is CS(=O)(=O)c1ccc(NCC#Cc2cc3c(NC4CCN(CC(O)CO)CC4)cccc3n2CC(F)(F)F)c(OCCF)c1. The number of nitrogens with zero attached hydrogens (tertiary/aromatic N) is 2. The number of ether oxygens (including phenoxy) is 1. The van der Waals surface area contributed by atoms with Gasteiger partial charge in [0.1, 0.15) is 25.6 Å². The Balaban J connectivity index is 1.54. The van der Waals surface area contributed by atoms with Crippen LogP contribution in [0.25, 0.3) is 10.9 Å². The second-order valence-electron chi connectivity index (χ2n) is 10.6. The van der Waals surface area contributed by atoms with E-state index in [4.69, 9.17) is 9.84 Å². The molecule has 1 aromatic heterocycles. The van der Waals surface area contributed by atoms with Crippen LogP contribution in [0.2, 0.25) is 0 Å². The maximum absolute atomic E-state index is 13.6. The number of hydrogen-bond acceptors (Lipinski definition) is 8. The number of aliphatic hydroxyl groups is 2. The molecule has 0 radical (unpaired) electrons. The Kier molecular flexibility index (Phi) is 11.0. The van der Waals surface area contributed by atoms with Crippen LogP contribution in [0.15, 0.2) is 47.4 Å². The number of anilines is 2. The summed E-state index contributed by atoms with van der Waals surface area (Å²) in [6.07, 6.45) is -2.72. The smallest absolute Gasteiger partial charge is 0.406 e. The molecule has 1 fully saturated rings. The summed E-state index contributed by atoms with van der Waals surface area (Å²) in [5.41, 5.74) is 1.60. The van der Waals surface area contributed by atoms with E-state index in [9.17, 15) is 31.1 Å². The predicted octanol–water partition coefficient (Wildman–Crippen LogP) is 3.65. The van der Waals surface area contributed by atoms with E-state index in [-0.39, 0.29) is 42.1 Å². The lowest BCUT2D eigenvalue weighted by Crippen LogP contribution is -2.43. The van der Waals surface area contributed by atoms with Crippen molar-refractivity contribution in [2.24, 2.45) is 0 Å². The fourth-order valence-electron chi connectivity index (χ4n) is 5.12. The minimum Gasteiger partial charge on any atom is -0.489 e. The van der Waals surface area contributed by atoms with E-state index in [1.54, 1.807) is 18.2 Å². The summed E-state index contributed by atoms with van der Waals surface area (Å²) in [6, 6.07) is 10.9. The number of fused-ring (bicyclic) bond motifs is 1. The zero-order valence-corrected chi connectivity index (χ0v) is 25.0. The summed E-state index contributed by atoms with van der Waals surface area (Å²) in [5.74, 6) is 5.77. The number of β-amino-alcohol motifs (C(OH)–C–C–N with tert-alkyl or cyclic N) is 1. The first-order chi connectivity index (χ1) is 20.9. The molecule has 9 nitrogen and oxygen atoms in total. The molecule has 0 spiro atoms. The number of benzene rings is 2. The average molecular weight is 641 g/mol. The monoisotopic (exact) mass is 640 g/mol. The minimum absolute atomic E-state index is 0.00452. The standard InChI is InChI=1S/C30H36F4N4O5S/c1-44(41,42)24-7-8-27(29(17-24)43-15-11-31)35-12-3-4-22-16-25-26(5-2-6-28(25)38(22)20-30(32,33)34)36-21-9-13-37(14-10-21)18-23(40)19-39/h2,5-8,16-17,21,23,35-36,39-40H,9-15,18-20H2,1H3. The number of rotatable bonds is 12. The first-order valence-corrected chi connectivity index (χ1v) is 16.0. The summed E-state index contributed by atoms with van der Waals surface area (Å²) < 4.78 is 83.8. The molecule has 1 aliphatic heterocycles. The average Bonchev–Trinajstić information content (AvgIpc) is 3.31. The Labute approximate surface area is 253 Å². The number of likely N-dealkylation sites (tertiary alicyclic amines) is 1. The van der Waals surface area contributed by atoms with Gasteiger partial charge in [-0.25, -0.2) is 12.8 Å². The van der Waals surface area contributed by atoms with Crippen molar-refractivity contribution in [1.29, 1.82) is 0 Å². The molecule has 1 atom stereocenters. The maximum Gasteiger partial charge on any atom is 0.406 e. The Bertz CT molecular complexity index is 1590.